The molecule has 1 saturated heterocycles. The first-order valence-electron chi connectivity index (χ1n) is 4.72. The molecule has 0 aromatic carbocycles. The summed E-state index contributed by atoms with van der Waals surface area (Å²) in [6, 6.07) is 0. The molecule has 66 valence electrons. The van der Waals surface area contributed by atoms with Crippen molar-refractivity contribution in [2.45, 2.75) is 26.2 Å². The zero-order chi connectivity index (χ0) is 7.94. The molecule has 1 N–H and O–H groups in total. The summed E-state index contributed by atoms with van der Waals surface area (Å²) in [6.07, 6.45) is 4.17. The van der Waals surface area contributed by atoms with Crippen molar-refractivity contribution in [3.8, 4) is 0 Å². The van der Waals surface area contributed by atoms with E-state index in [1.54, 1.807) is 0 Å². The molecule has 0 aromatic heterocycles. The van der Waals surface area contributed by atoms with Gasteiger partial charge in [-0.15, -0.1) is 0 Å². The monoisotopic (exact) mass is 173 g/mol. The Morgan fingerprint density at radius 1 is 1.36 bits per heavy atom. The second kappa shape index (κ2) is 5.90. The third-order valence-corrected chi connectivity index (χ3v) is 3.28. The predicted octanol–water partition coefficient (Wildman–Crippen LogP) is 2.13. The van der Waals surface area contributed by atoms with Gasteiger partial charge in [0, 0.05) is 0 Å². The minimum atomic E-state index is 1.00. The normalized spacial score (nSPS) is 18.3. The van der Waals surface area contributed by atoms with Crippen LogP contribution in [-0.4, -0.2) is 24.6 Å². The van der Waals surface area contributed by atoms with Crippen molar-refractivity contribution in [3.63, 3.8) is 0 Å². The van der Waals surface area contributed by atoms with E-state index in [0.717, 1.165) is 5.92 Å². The zero-order valence-corrected chi connectivity index (χ0v) is 8.25. The van der Waals surface area contributed by atoms with E-state index in [1.807, 2.05) is 0 Å². The van der Waals surface area contributed by atoms with Crippen LogP contribution < -0.4 is 5.32 Å². The zero-order valence-electron chi connectivity index (χ0n) is 7.44. The van der Waals surface area contributed by atoms with E-state index in [0.29, 0.717) is 0 Å². The van der Waals surface area contributed by atoms with Gasteiger partial charge in [0.1, 0.15) is 0 Å². The summed E-state index contributed by atoms with van der Waals surface area (Å²) in [7, 11) is 0. The van der Waals surface area contributed by atoms with Gasteiger partial charge in [-0.2, -0.15) is 11.8 Å². The van der Waals surface area contributed by atoms with Gasteiger partial charge < -0.3 is 5.32 Å². The van der Waals surface area contributed by atoms with Gasteiger partial charge in [-0.3, -0.25) is 0 Å². The van der Waals surface area contributed by atoms with Crippen molar-refractivity contribution < 1.29 is 0 Å². The van der Waals surface area contributed by atoms with Gasteiger partial charge in [0.2, 0.25) is 0 Å². The highest BCUT2D eigenvalue weighted by atomic mass is 32.2. The number of nitrogens with one attached hydrogen (secondary N) is 1. The fourth-order valence-electron chi connectivity index (χ4n) is 1.15. The van der Waals surface area contributed by atoms with Gasteiger partial charge in [0.15, 0.2) is 0 Å². The SMILES string of the molecule is CCCCSCCC1CNC1. The predicted molar refractivity (Wildman–Crippen MR) is 53.2 cm³/mol. The van der Waals surface area contributed by atoms with E-state index in [2.05, 4.69) is 24.0 Å². The molecule has 2 heteroatoms. The van der Waals surface area contributed by atoms with Crippen molar-refractivity contribution in [2.75, 3.05) is 24.6 Å². The van der Waals surface area contributed by atoms with E-state index in [9.17, 15) is 0 Å². The van der Waals surface area contributed by atoms with Crippen molar-refractivity contribution >= 4 is 11.8 Å². The highest BCUT2D eigenvalue weighted by molar-refractivity contribution is 7.99. The number of hydrogen-bond donors (Lipinski definition) is 1. The molecule has 1 nitrogen and oxygen atoms in total. The van der Waals surface area contributed by atoms with Gasteiger partial charge in [-0.05, 0) is 43.4 Å². The van der Waals surface area contributed by atoms with Crippen molar-refractivity contribution in [2.24, 2.45) is 5.92 Å². The average Bonchev–Trinajstić information content (AvgIpc) is 1.93. The van der Waals surface area contributed by atoms with Crippen LogP contribution in [0.25, 0.3) is 0 Å². The Hall–Kier alpha value is 0.310. The van der Waals surface area contributed by atoms with Crippen molar-refractivity contribution in [3.05, 3.63) is 0 Å². The molecule has 0 atom stereocenters. The smallest absolute Gasteiger partial charge is 0.000796 e. The summed E-state index contributed by atoms with van der Waals surface area (Å²) < 4.78 is 0. The van der Waals surface area contributed by atoms with Gasteiger partial charge >= 0.3 is 0 Å². The summed E-state index contributed by atoms with van der Waals surface area (Å²) in [5.74, 6) is 3.76. The molecule has 0 amide bonds. The van der Waals surface area contributed by atoms with Crippen LogP contribution in [0.5, 0.6) is 0 Å². The molecular weight excluding hydrogens is 154 g/mol. The van der Waals surface area contributed by atoms with Crippen molar-refractivity contribution in [1.29, 1.82) is 0 Å². The van der Waals surface area contributed by atoms with E-state index in [4.69, 9.17) is 0 Å². The second-order valence-corrected chi connectivity index (χ2v) is 4.50. The van der Waals surface area contributed by atoms with Gasteiger partial charge in [-0.1, -0.05) is 13.3 Å². The summed E-state index contributed by atoms with van der Waals surface area (Å²) >= 11 is 2.13. The van der Waals surface area contributed by atoms with E-state index < -0.39 is 0 Å². The lowest BCUT2D eigenvalue weighted by Gasteiger charge is -2.26. The maximum atomic E-state index is 3.30. The Balaban J connectivity index is 1.73. The van der Waals surface area contributed by atoms with Crippen LogP contribution in [0, 0.1) is 5.92 Å². The standard InChI is InChI=1S/C9H19NS/c1-2-3-5-11-6-4-9-7-10-8-9/h9-10H,2-8H2,1H3. The van der Waals surface area contributed by atoms with Gasteiger partial charge in [0.05, 0.1) is 0 Å². The van der Waals surface area contributed by atoms with Crippen LogP contribution >= 0.6 is 11.8 Å². The molecule has 11 heavy (non-hydrogen) atoms. The lowest BCUT2D eigenvalue weighted by Crippen LogP contribution is -2.42. The summed E-state index contributed by atoms with van der Waals surface area (Å²) in [5, 5.41) is 3.30. The molecular formula is C9H19NS. The molecule has 0 bridgehead atoms. The maximum absolute atomic E-state index is 3.30. The lowest BCUT2D eigenvalue weighted by atomic mass is 10.0. The molecule has 0 spiro atoms. The molecule has 1 aliphatic rings. The van der Waals surface area contributed by atoms with Gasteiger partial charge in [0.25, 0.3) is 0 Å². The molecule has 0 aromatic rings. The molecule has 1 fully saturated rings. The van der Waals surface area contributed by atoms with Crippen LogP contribution in [0.3, 0.4) is 0 Å². The first-order chi connectivity index (χ1) is 5.43. The van der Waals surface area contributed by atoms with Crippen LogP contribution in [0.15, 0.2) is 0 Å². The quantitative estimate of drug-likeness (QED) is 0.618. The molecule has 1 rings (SSSR count). The molecule has 1 heterocycles. The third kappa shape index (κ3) is 4.02. The second-order valence-electron chi connectivity index (χ2n) is 3.28. The summed E-state index contributed by atoms with van der Waals surface area (Å²) in [6.45, 7) is 4.80. The number of hydrogen-bond acceptors (Lipinski definition) is 2. The Morgan fingerprint density at radius 2 is 2.18 bits per heavy atom. The number of thioether (sulfide) groups is 1. The average molecular weight is 173 g/mol. The van der Waals surface area contributed by atoms with Crippen LogP contribution in [0.4, 0.5) is 0 Å². The van der Waals surface area contributed by atoms with Crippen LogP contribution in [-0.2, 0) is 0 Å². The van der Waals surface area contributed by atoms with Crippen LogP contribution in [0.2, 0.25) is 0 Å². The molecule has 1 aliphatic heterocycles. The highest BCUT2D eigenvalue weighted by Crippen LogP contribution is 2.13. The Bertz CT molecular complexity index is 91.6. The summed E-state index contributed by atoms with van der Waals surface area (Å²) in [4.78, 5) is 0. The molecule has 0 aliphatic carbocycles. The molecule has 0 saturated carbocycles. The number of unbranched alkanes of at least 4 members (excludes halogenated alkanes) is 1. The number of rotatable bonds is 6. The van der Waals surface area contributed by atoms with E-state index in [-0.39, 0.29) is 0 Å². The largest absolute Gasteiger partial charge is 0.316 e. The Labute approximate surface area is 74.3 Å². The van der Waals surface area contributed by atoms with Gasteiger partial charge in [-0.25, -0.2) is 0 Å². The van der Waals surface area contributed by atoms with Crippen molar-refractivity contribution in [1.82, 2.24) is 5.32 Å². The minimum Gasteiger partial charge on any atom is -0.316 e. The summed E-state index contributed by atoms with van der Waals surface area (Å²) in [5.41, 5.74) is 0. The topological polar surface area (TPSA) is 12.0 Å². The minimum absolute atomic E-state index is 1.00. The third-order valence-electron chi connectivity index (χ3n) is 2.18. The van der Waals surface area contributed by atoms with Crippen LogP contribution in [0.1, 0.15) is 26.2 Å². The first kappa shape index (κ1) is 9.40. The lowest BCUT2D eigenvalue weighted by molar-refractivity contribution is 0.341. The Kier molecular flexibility index (Phi) is 5.04. The molecule has 0 unspecified atom stereocenters. The van der Waals surface area contributed by atoms with E-state index >= 15 is 0 Å². The maximum Gasteiger partial charge on any atom is -0.000796 e. The van der Waals surface area contributed by atoms with E-state index in [1.165, 1.54) is 43.9 Å². The first-order valence-corrected chi connectivity index (χ1v) is 5.87. The fraction of sp³-hybridized carbons (Fsp3) is 1.00. The fourth-order valence-corrected chi connectivity index (χ4v) is 2.35. The Morgan fingerprint density at radius 3 is 2.73 bits per heavy atom. The molecule has 0 radical (unpaired) electrons. The highest BCUT2D eigenvalue weighted by Gasteiger charge is 2.15.